The van der Waals surface area contributed by atoms with Crippen LogP contribution in [0.25, 0.3) is 0 Å². The molecule has 0 aliphatic carbocycles. The molecule has 90 valence electrons. The molecule has 0 aliphatic heterocycles. The van der Waals surface area contributed by atoms with E-state index >= 15 is 0 Å². The smallest absolute Gasteiger partial charge is 0.105 e. The van der Waals surface area contributed by atoms with Crippen molar-refractivity contribution < 1.29 is 0 Å². The maximum atomic E-state index is 4.20. The summed E-state index contributed by atoms with van der Waals surface area (Å²) < 4.78 is 2.14. The molecule has 3 nitrogen and oxygen atoms in total. The van der Waals surface area contributed by atoms with Crippen LogP contribution < -0.4 is 5.32 Å². The van der Waals surface area contributed by atoms with Gasteiger partial charge in [-0.25, -0.2) is 4.98 Å². The molecule has 0 fully saturated rings. The fourth-order valence-corrected chi connectivity index (χ4v) is 2.15. The number of thioether (sulfide) groups is 1. The summed E-state index contributed by atoms with van der Waals surface area (Å²) in [4.78, 5) is 5.49. The lowest BCUT2D eigenvalue weighted by atomic mass is 10.3. The Morgan fingerprint density at radius 3 is 3.00 bits per heavy atom. The lowest BCUT2D eigenvalue weighted by Gasteiger charge is -2.09. The topological polar surface area (TPSA) is 29.9 Å². The summed E-state index contributed by atoms with van der Waals surface area (Å²) in [6.45, 7) is 3.87. The van der Waals surface area contributed by atoms with Gasteiger partial charge in [0.05, 0.1) is 0 Å². The minimum atomic E-state index is 0.912. The molecule has 17 heavy (non-hydrogen) atoms. The first-order valence-corrected chi connectivity index (χ1v) is 6.88. The third-order valence-electron chi connectivity index (χ3n) is 2.68. The first kappa shape index (κ1) is 12.0. The van der Waals surface area contributed by atoms with E-state index in [1.54, 1.807) is 11.8 Å². The number of nitrogens with zero attached hydrogens (tertiary/aromatic N) is 2. The van der Waals surface area contributed by atoms with E-state index in [1.807, 2.05) is 19.3 Å². The average molecular weight is 247 g/mol. The van der Waals surface area contributed by atoms with E-state index in [-0.39, 0.29) is 0 Å². The van der Waals surface area contributed by atoms with Crippen molar-refractivity contribution in [3.63, 3.8) is 0 Å². The van der Waals surface area contributed by atoms with Crippen LogP contribution in [-0.4, -0.2) is 22.4 Å². The Morgan fingerprint density at radius 2 is 2.29 bits per heavy atom. The van der Waals surface area contributed by atoms with E-state index < -0.39 is 0 Å². The molecule has 0 bridgehead atoms. The lowest BCUT2D eigenvalue weighted by molar-refractivity contribution is 0.701. The number of imidazole rings is 1. The Balaban J connectivity index is 1.87. The Hall–Kier alpha value is -1.42. The van der Waals surface area contributed by atoms with Gasteiger partial charge < -0.3 is 9.88 Å². The van der Waals surface area contributed by atoms with Crippen LogP contribution in [-0.2, 0) is 6.54 Å². The number of hydrogen-bond donors (Lipinski definition) is 1. The summed E-state index contributed by atoms with van der Waals surface area (Å²) in [5.41, 5.74) is 1.18. The molecule has 1 aromatic heterocycles. The minimum Gasteiger partial charge on any atom is -0.383 e. The molecule has 0 amide bonds. The van der Waals surface area contributed by atoms with Gasteiger partial charge in [0.15, 0.2) is 0 Å². The predicted molar refractivity (Wildman–Crippen MR) is 73.7 cm³/mol. The van der Waals surface area contributed by atoms with Crippen LogP contribution in [0.15, 0.2) is 41.6 Å². The SMILES string of the molecule is CSc1cccc(NCCn2ccnc2C)c1. The Labute approximate surface area is 106 Å². The van der Waals surface area contributed by atoms with Crippen LogP contribution in [0.5, 0.6) is 0 Å². The van der Waals surface area contributed by atoms with Crippen molar-refractivity contribution in [1.29, 1.82) is 0 Å². The van der Waals surface area contributed by atoms with Gasteiger partial charge in [-0.2, -0.15) is 0 Å². The van der Waals surface area contributed by atoms with E-state index in [2.05, 4.69) is 45.4 Å². The maximum Gasteiger partial charge on any atom is 0.105 e. The number of anilines is 1. The zero-order valence-corrected chi connectivity index (χ0v) is 11.0. The second-order valence-electron chi connectivity index (χ2n) is 3.83. The quantitative estimate of drug-likeness (QED) is 0.824. The third-order valence-corrected chi connectivity index (χ3v) is 3.40. The van der Waals surface area contributed by atoms with E-state index in [0.717, 1.165) is 18.9 Å². The Morgan fingerprint density at radius 1 is 1.41 bits per heavy atom. The molecular weight excluding hydrogens is 230 g/mol. The van der Waals surface area contributed by atoms with Crippen LogP contribution in [0.2, 0.25) is 0 Å². The molecule has 4 heteroatoms. The molecule has 0 saturated carbocycles. The predicted octanol–water partition coefficient (Wildman–Crippen LogP) is 3.03. The molecule has 0 spiro atoms. The molecule has 0 saturated heterocycles. The molecule has 0 radical (unpaired) electrons. The van der Waals surface area contributed by atoms with Crippen LogP contribution in [0, 0.1) is 6.92 Å². The summed E-state index contributed by atoms with van der Waals surface area (Å²) >= 11 is 1.76. The van der Waals surface area contributed by atoms with Crippen LogP contribution in [0.4, 0.5) is 5.69 Å². The highest BCUT2D eigenvalue weighted by Gasteiger charge is 1.97. The molecule has 0 aliphatic rings. The van der Waals surface area contributed by atoms with Crippen molar-refractivity contribution in [3.05, 3.63) is 42.5 Å². The highest BCUT2D eigenvalue weighted by atomic mass is 32.2. The van der Waals surface area contributed by atoms with Crippen molar-refractivity contribution in [2.24, 2.45) is 0 Å². The van der Waals surface area contributed by atoms with Gasteiger partial charge in [0.1, 0.15) is 5.82 Å². The van der Waals surface area contributed by atoms with Gasteiger partial charge in [-0.3, -0.25) is 0 Å². The molecule has 1 N–H and O–H groups in total. The van der Waals surface area contributed by atoms with Crippen LogP contribution >= 0.6 is 11.8 Å². The maximum absolute atomic E-state index is 4.20. The van der Waals surface area contributed by atoms with Gasteiger partial charge >= 0.3 is 0 Å². The van der Waals surface area contributed by atoms with Gasteiger partial charge in [0.25, 0.3) is 0 Å². The number of rotatable bonds is 5. The first-order valence-electron chi connectivity index (χ1n) is 5.65. The second kappa shape index (κ2) is 5.77. The summed E-state index contributed by atoms with van der Waals surface area (Å²) in [5.74, 6) is 1.06. The normalized spacial score (nSPS) is 10.5. The van der Waals surface area contributed by atoms with Crippen LogP contribution in [0.1, 0.15) is 5.82 Å². The molecule has 1 heterocycles. The molecule has 0 atom stereocenters. The highest BCUT2D eigenvalue weighted by molar-refractivity contribution is 7.98. The largest absolute Gasteiger partial charge is 0.383 e. The fraction of sp³-hybridized carbons (Fsp3) is 0.308. The molecule has 2 rings (SSSR count). The standard InChI is InChI=1S/C13H17N3S/c1-11-14-6-8-16(11)9-7-15-12-4-3-5-13(10-12)17-2/h3-6,8,10,15H,7,9H2,1-2H3. The Kier molecular flexibility index (Phi) is 4.09. The van der Waals surface area contributed by atoms with Crippen molar-refractivity contribution in [1.82, 2.24) is 9.55 Å². The van der Waals surface area contributed by atoms with Crippen molar-refractivity contribution in [2.75, 3.05) is 18.1 Å². The number of aryl methyl sites for hydroxylation is 1. The van der Waals surface area contributed by atoms with E-state index in [1.165, 1.54) is 10.6 Å². The fourth-order valence-electron chi connectivity index (χ4n) is 1.69. The molecular formula is C13H17N3S. The van der Waals surface area contributed by atoms with Crippen molar-refractivity contribution in [3.8, 4) is 0 Å². The van der Waals surface area contributed by atoms with E-state index in [4.69, 9.17) is 0 Å². The zero-order valence-electron chi connectivity index (χ0n) is 10.2. The lowest BCUT2D eigenvalue weighted by Crippen LogP contribution is -2.10. The average Bonchev–Trinajstić information content (AvgIpc) is 2.76. The molecule has 1 aromatic carbocycles. The number of aromatic nitrogens is 2. The second-order valence-corrected chi connectivity index (χ2v) is 4.71. The third kappa shape index (κ3) is 3.27. The number of hydrogen-bond acceptors (Lipinski definition) is 3. The van der Waals surface area contributed by atoms with Crippen LogP contribution in [0.3, 0.4) is 0 Å². The van der Waals surface area contributed by atoms with Gasteiger partial charge in [0.2, 0.25) is 0 Å². The van der Waals surface area contributed by atoms with Gasteiger partial charge in [-0.1, -0.05) is 6.07 Å². The zero-order chi connectivity index (χ0) is 12.1. The van der Waals surface area contributed by atoms with Gasteiger partial charge in [0, 0.05) is 36.1 Å². The highest BCUT2D eigenvalue weighted by Crippen LogP contribution is 2.18. The van der Waals surface area contributed by atoms with Gasteiger partial charge in [-0.05, 0) is 31.4 Å². The summed E-state index contributed by atoms with van der Waals surface area (Å²) in [7, 11) is 0. The summed E-state index contributed by atoms with van der Waals surface area (Å²) in [6.07, 6.45) is 5.94. The summed E-state index contributed by atoms with van der Waals surface area (Å²) in [5, 5.41) is 3.42. The van der Waals surface area contributed by atoms with E-state index in [9.17, 15) is 0 Å². The minimum absolute atomic E-state index is 0.912. The van der Waals surface area contributed by atoms with Crippen molar-refractivity contribution in [2.45, 2.75) is 18.4 Å². The number of nitrogens with one attached hydrogen (secondary N) is 1. The summed E-state index contributed by atoms with van der Waals surface area (Å²) in [6, 6.07) is 8.47. The molecule has 0 unspecified atom stereocenters. The monoisotopic (exact) mass is 247 g/mol. The first-order chi connectivity index (χ1) is 8.29. The van der Waals surface area contributed by atoms with Crippen molar-refractivity contribution >= 4 is 17.4 Å². The molecule has 2 aromatic rings. The Bertz CT molecular complexity index is 479. The van der Waals surface area contributed by atoms with Gasteiger partial charge in [-0.15, -0.1) is 11.8 Å². The number of benzene rings is 1. The van der Waals surface area contributed by atoms with E-state index in [0.29, 0.717) is 0 Å².